The van der Waals surface area contributed by atoms with Crippen molar-refractivity contribution in [3.63, 3.8) is 0 Å². The number of hydrogen-bond donors (Lipinski definition) is 3. The zero-order valence-corrected chi connectivity index (χ0v) is 21.3. The molecule has 0 radical (unpaired) electrons. The lowest BCUT2D eigenvalue weighted by molar-refractivity contribution is -0.142. The van der Waals surface area contributed by atoms with Gasteiger partial charge in [-0.15, -0.1) is 0 Å². The fourth-order valence-corrected chi connectivity index (χ4v) is 5.07. The second-order valence-electron chi connectivity index (χ2n) is 7.55. The van der Waals surface area contributed by atoms with Crippen molar-refractivity contribution >= 4 is 35.7 Å². The molecule has 1 aliphatic heterocycles. The average Bonchev–Trinajstić information content (AvgIpc) is 3.19. The second-order valence-corrected chi connectivity index (χ2v) is 9.77. The lowest BCUT2D eigenvalue weighted by Gasteiger charge is -2.24. The highest BCUT2D eigenvalue weighted by atomic mass is 79.9. The molecule has 0 unspecified atom stereocenters. The summed E-state index contributed by atoms with van der Waals surface area (Å²) >= 11 is 3.08. The number of nitrogens with zero attached hydrogens (tertiary/aromatic N) is 1. The maximum Gasteiger partial charge on any atom is 0.459 e. The molecule has 1 aromatic heterocycles. The summed E-state index contributed by atoms with van der Waals surface area (Å²) in [6.45, 7) is 1.03. The number of benzene rings is 1. The number of hydrogen-bond acceptors (Lipinski definition) is 9. The summed E-state index contributed by atoms with van der Waals surface area (Å²) in [4.78, 5) is 39.7. The van der Waals surface area contributed by atoms with E-state index in [2.05, 4.69) is 30.7 Å². The predicted octanol–water partition coefficient (Wildman–Crippen LogP) is 1.91. The number of carbonyl (C=O) groups excluding carboxylic acids is 1. The Morgan fingerprint density at radius 1 is 1.40 bits per heavy atom. The Labute approximate surface area is 208 Å². The smallest absolute Gasteiger partial charge is 0.459 e. The van der Waals surface area contributed by atoms with Crippen LogP contribution in [0.1, 0.15) is 25.1 Å². The molecule has 0 spiro atoms. The molecular weight excluding hydrogens is 549 g/mol. The topological polar surface area (TPSA) is 158 Å². The van der Waals surface area contributed by atoms with E-state index in [1.54, 1.807) is 30.3 Å². The average molecular weight is 574 g/mol. The van der Waals surface area contributed by atoms with Crippen molar-refractivity contribution in [2.24, 2.45) is 0 Å². The molecule has 12 nitrogen and oxygen atoms in total. The molecule has 1 aliphatic rings. The van der Waals surface area contributed by atoms with E-state index in [4.69, 9.17) is 13.8 Å². The first-order valence-corrected chi connectivity index (χ1v) is 12.9. The minimum absolute atomic E-state index is 0.00722. The van der Waals surface area contributed by atoms with Gasteiger partial charge >= 0.3 is 19.4 Å². The Morgan fingerprint density at radius 2 is 2.11 bits per heavy atom. The van der Waals surface area contributed by atoms with Crippen LogP contribution in [0.15, 0.2) is 51.1 Å². The van der Waals surface area contributed by atoms with Crippen LogP contribution in [0.3, 0.4) is 0 Å². The molecule has 0 amide bonds. The molecule has 35 heavy (non-hydrogen) atoms. The number of nitrogens with one attached hydrogen (secondary N) is 2. The number of aromatic amines is 1. The quantitative estimate of drug-likeness (QED) is 0.283. The molecule has 1 fully saturated rings. The minimum Gasteiger partial charge on any atom is -0.468 e. The van der Waals surface area contributed by atoms with Crippen LogP contribution >= 0.6 is 23.7 Å². The number of carbonyl (C=O) groups is 1. The van der Waals surface area contributed by atoms with Crippen LogP contribution < -0.4 is 20.9 Å². The van der Waals surface area contributed by atoms with E-state index in [0.29, 0.717) is 0 Å². The van der Waals surface area contributed by atoms with Crippen molar-refractivity contribution in [1.82, 2.24) is 14.6 Å². The van der Waals surface area contributed by atoms with Crippen molar-refractivity contribution in [3.05, 3.63) is 67.9 Å². The van der Waals surface area contributed by atoms with E-state index in [-0.39, 0.29) is 17.7 Å². The first kappa shape index (κ1) is 27.1. The van der Waals surface area contributed by atoms with Gasteiger partial charge in [-0.1, -0.05) is 34.1 Å². The van der Waals surface area contributed by atoms with E-state index in [0.717, 1.165) is 4.57 Å². The Hall–Kier alpha value is -2.54. The Morgan fingerprint density at radius 3 is 2.77 bits per heavy atom. The maximum atomic E-state index is 13.4. The van der Waals surface area contributed by atoms with Gasteiger partial charge in [0.05, 0.1) is 25.4 Å². The number of aliphatic hydroxyl groups is 1. The van der Waals surface area contributed by atoms with Gasteiger partial charge in [-0.05, 0) is 30.1 Å². The van der Waals surface area contributed by atoms with Gasteiger partial charge in [-0.3, -0.25) is 23.7 Å². The zero-order valence-electron chi connectivity index (χ0n) is 18.8. The van der Waals surface area contributed by atoms with Crippen LogP contribution in [0.2, 0.25) is 0 Å². The van der Waals surface area contributed by atoms with E-state index < -0.39 is 56.0 Å². The normalized spacial score (nSPS) is 22.6. The van der Waals surface area contributed by atoms with E-state index >= 15 is 0 Å². The van der Waals surface area contributed by atoms with E-state index in [1.807, 2.05) is 0 Å². The van der Waals surface area contributed by atoms with Crippen molar-refractivity contribution < 1.29 is 33.0 Å². The molecule has 2 heterocycles. The lowest BCUT2D eigenvalue weighted by atomic mass is 10.2. The van der Waals surface area contributed by atoms with Gasteiger partial charge in [0.15, 0.2) is 0 Å². The molecule has 0 aliphatic carbocycles. The molecule has 2 aromatic rings. The highest BCUT2D eigenvalue weighted by molar-refractivity contribution is 9.11. The Bertz CT molecular complexity index is 1220. The van der Waals surface area contributed by atoms with Crippen molar-refractivity contribution in [3.8, 4) is 5.75 Å². The summed E-state index contributed by atoms with van der Waals surface area (Å²) in [6, 6.07) is 7.15. The van der Waals surface area contributed by atoms with Crippen molar-refractivity contribution in [1.29, 1.82) is 0 Å². The first-order valence-electron chi connectivity index (χ1n) is 10.5. The molecule has 3 rings (SSSR count). The van der Waals surface area contributed by atoms with Gasteiger partial charge in [0.25, 0.3) is 5.56 Å². The summed E-state index contributed by atoms with van der Waals surface area (Å²) < 4.78 is 36.0. The van der Waals surface area contributed by atoms with Gasteiger partial charge in [-0.2, -0.15) is 5.09 Å². The maximum absolute atomic E-state index is 13.4. The molecular formula is C21H25BrN3O9P. The molecule has 190 valence electrons. The number of para-hydroxylation sites is 1. The predicted molar refractivity (Wildman–Crippen MR) is 129 cm³/mol. The number of aliphatic hydroxyl groups excluding tert-OH is 1. The molecule has 3 N–H and O–H groups in total. The van der Waals surface area contributed by atoms with Crippen molar-refractivity contribution in [2.45, 2.75) is 37.8 Å². The van der Waals surface area contributed by atoms with Gasteiger partial charge < -0.3 is 19.1 Å². The fourth-order valence-electron chi connectivity index (χ4n) is 3.29. The van der Waals surface area contributed by atoms with Crippen LogP contribution in [0.25, 0.3) is 6.08 Å². The number of aromatic nitrogens is 2. The van der Waals surface area contributed by atoms with Crippen LogP contribution in [-0.4, -0.2) is 52.6 Å². The molecule has 1 aromatic carbocycles. The number of halogens is 1. The largest absolute Gasteiger partial charge is 0.468 e. The van der Waals surface area contributed by atoms with Crippen LogP contribution in [0.4, 0.5) is 0 Å². The third kappa shape index (κ3) is 7.00. The standard InChI is InChI=1S/C21H25BrN3O9P/c1-13(20(28)31-2)24-35(30,34-15-6-4-3-5-7-15)32-12-17-16(26)10-18(33-17)25-11-14(8-9-22)19(27)23-21(25)29/h3-9,11,13,16-18,26H,10,12H2,1-2H3,(H,24,30)(H,23,27,29)/b9-8+/t13-,16-,17+,18+,35+/m0/s1. The molecule has 0 bridgehead atoms. The first-order chi connectivity index (χ1) is 16.7. The second kappa shape index (κ2) is 11.9. The summed E-state index contributed by atoms with van der Waals surface area (Å²) in [5, 5.41) is 13.0. The van der Waals surface area contributed by atoms with Gasteiger partial charge in [-0.25, -0.2) is 9.36 Å². The lowest BCUT2D eigenvalue weighted by Crippen LogP contribution is -2.36. The van der Waals surface area contributed by atoms with Crippen molar-refractivity contribution in [2.75, 3.05) is 13.7 Å². The monoisotopic (exact) mass is 573 g/mol. The zero-order chi connectivity index (χ0) is 25.6. The summed E-state index contributed by atoms with van der Waals surface area (Å²) in [6.07, 6.45) is -0.224. The van der Waals surface area contributed by atoms with E-state index in [9.17, 15) is 24.1 Å². The molecule has 14 heteroatoms. The highest BCUT2D eigenvalue weighted by Gasteiger charge is 2.39. The molecule has 1 saturated heterocycles. The van der Waals surface area contributed by atoms with Crippen LogP contribution in [0, 0.1) is 0 Å². The highest BCUT2D eigenvalue weighted by Crippen LogP contribution is 2.45. The van der Waals surface area contributed by atoms with Gasteiger partial charge in [0, 0.05) is 12.6 Å². The molecule has 5 atom stereocenters. The number of ether oxygens (including phenoxy) is 2. The fraction of sp³-hybridized carbons (Fsp3) is 0.381. The summed E-state index contributed by atoms with van der Waals surface area (Å²) in [5.41, 5.74) is -1.10. The van der Waals surface area contributed by atoms with Crippen LogP contribution in [-0.2, 0) is 23.4 Å². The summed E-state index contributed by atoms with van der Waals surface area (Å²) in [5.74, 6) is -0.466. The number of H-pyrrole nitrogens is 1. The Kier molecular flexibility index (Phi) is 9.22. The third-order valence-corrected chi connectivity index (χ3v) is 6.94. The molecule has 0 saturated carbocycles. The number of methoxy groups -OCH3 is 1. The SMILES string of the molecule is COC(=O)[C@H](C)N[P@@](=O)(OC[C@H]1O[C@@H](n2cc(/C=C/Br)c(=O)[nH]c2=O)C[C@@H]1O)Oc1ccccc1. The van der Waals surface area contributed by atoms with Crippen LogP contribution in [0.5, 0.6) is 5.75 Å². The summed E-state index contributed by atoms with van der Waals surface area (Å²) in [7, 11) is -2.95. The number of esters is 1. The Balaban J connectivity index is 1.75. The number of rotatable bonds is 10. The van der Waals surface area contributed by atoms with Gasteiger partial charge in [0.2, 0.25) is 0 Å². The van der Waals surface area contributed by atoms with E-state index in [1.165, 1.54) is 31.3 Å². The van der Waals surface area contributed by atoms with Gasteiger partial charge in [0.1, 0.15) is 24.1 Å². The minimum atomic E-state index is -4.14. The third-order valence-electron chi connectivity index (χ3n) is 5.04.